The number of amides is 1. The number of aryl methyl sites for hydroxylation is 1. The molecule has 1 amide bonds. The Morgan fingerprint density at radius 1 is 1.09 bits per heavy atom. The standard InChI is InChI=1S/C24H28N2O6/c1-4-25(5-2)10-11-26-21(18-8-6-15(3)32-18)20(23(28)24(26)29)22(27)16-7-9-17-19(14-16)31-13-12-30-17/h6-9,14,21,27H,4-5,10-13H2,1-3H3/t21-/m0/s1. The molecule has 4 rings (SSSR count). The number of aliphatic hydroxyl groups is 1. The average molecular weight is 440 g/mol. The average Bonchev–Trinajstić information content (AvgIpc) is 3.34. The number of fused-ring (bicyclic) bond motifs is 1. The van der Waals surface area contributed by atoms with Gasteiger partial charge in [0.1, 0.15) is 36.5 Å². The number of rotatable bonds is 7. The van der Waals surface area contributed by atoms with E-state index >= 15 is 0 Å². The molecule has 2 aromatic rings. The second-order valence-electron chi connectivity index (χ2n) is 7.83. The first-order valence-electron chi connectivity index (χ1n) is 10.9. The summed E-state index contributed by atoms with van der Waals surface area (Å²) in [6, 6.07) is 7.69. The molecule has 2 aliphatic heterocycles. The van der Waals surface area contributed by atoms with Crippen LogP contribution in [-0.2, 0) is 9.59 Å². The normalized spacial score (nSPS) is 19.8. The highest BCUT2D eigenvalue weighted by Crippen LogP contribution is 2.41. The number of aliphatic hydroxyl groups excluding tert-OH is 1. The molecule has 1 fully saturated rings. The van der Waals surface area contributed by atoms with Gasteiger partial charge in [0, 0.05) is 18.7 Å². The van der Waals surface area contributed by atoms with Gasteiger partial charge >= 0.3 is 0 Å². The summed E-state index contributed by atoms with van der Waals surface area (Å²) in [5.74, 6) is 0.539. The third kappa shape index (κ3) is 3.98. The fourth-order valence-electron chi connectivity index (χ4n) is 4.14. The van der Waals surface area contributed by atoms with Crippen molar-refractivity contribution in [2.45, 2.75) is 26.8 Å². The van der Waals surface area contributed by atoms with E-state index in [0.717, 1.165) is 13.1 Å². The molecule has 170 valence electrons. The van der Waals surface area contributed by atoms with Gasteiger partial charge in [0.15, 0.2) is 11.5 Å². The number of nitrogens with zero attached hydrogens (tertiary/aromatic N) is 2. The minimum Gasteiger partial charge on any atom is -0.507 e. The summed E-state index contributed by atoms with van der Waals surface area (Å²) in [4.78, 5) is 29.7. The van der Waals surface area contributed by atoms with Crippen LogP contribution >= 0.6 is 0 Å². The van der Waals surface area contributed by atoms with E-state index in [1.165, 1.54) is 4.90 Å². The molecule has 2 aliphatic rings. The maximum atomic E-state index is 13.1. The van der Waals surface area contributed by atoms with Crippen LogP contribution in [0.15, 0.2) is 40.3 Å². The highest BCUT2D eigenvalue weighted by Gasteiger charge is 2.47. The molecule has 8 heteroatoms. The number of hydrogen-bond acceptors (Lipinski definition) is 7. The van der Waals surface area contributed by atoms with Crippen molar-refractivity contribution in [3.05, 3.63) is 53.0 Å². The van der Waals surface area contributed by atoms with Gasteiger partial charge in [-0.25, -0.2) is 0 Å². The fraction of sp³-hybridized carbons (Fsp3) is 0.417. The lowest BCUT2D eigenvalue weighted by atomic mass is 9.99. The maximum absolute atomic E-state index is 13.1. The molecule has 1 saturated heterocycles. The number of carbonyl (C=O) groups is 2. The van der Waals surface area contributed by atoms with E-state index in [1.54, 1.807) is 37.3 Å². The van der Waals surface area contributed by atoms with E-state index in [0.29, 0.717) is 54.9 Å². The molecule has 0 radical (unpaired) electrons. The van der Waals surface area contributed by atoms with Crippen LogP contribution < -0.4 is 9.47 Å². The minimum atomic E-state index is -0.799. The Kier molecular flexibility index (Phi) is 6.23. The van der Waals surface area contributed by atoms with E-state index in [2.05, 4.69) is 4.90 Å². The van der Waals surface area contributed by atoms with Crippen LogP contribution in [0.25, 0.3) is 5.76 Å². The van der Waals surface area contributed by atoms with Crippen LogP contribution in [-0.4, -0.2) is 66.0 Å². The molecule has 1 aromatic carbocycles. The van der Waals surface area contributed by atoms with Crippen LogP contribution in [0.2, 0.25) is 0 Å². The van der Waals surface area contributed by atoms with Crippen molar-refractivity contribution < 1.29 is 28.6 Å². The summed E-state index contributed by atoms with van der Waals surface area (Å²) in [6.45, 7) is 9.37. The lowest BCUT2D eigenvalue weighted by Gasteiger charge is -2.26. The molecular weight excluding hydrogens is 412 g/mol. The lowest BCUT2D eigenvalue weighted by Crippen LogP contribution is -2.37. The van der Waals surface area contributed by atoms with Crippen molar-refractivity contribution in [2.75, 3.05) is 39.4 Å². The van der Waals surface area contributed by atoms with Gasteiger partial charge in [0.2, 0.25) is 0 Å². The van der Waals surface area contributed by atoms with Gasteiger partial charge in [-0.3, -0.25) is 9.59 Å². The Morgan fingerprint density at radius 3 is 2.47 bits per heavy atom. The molecule has 0 unspecified atom stereocenters. The smallest absolute Gasteiger partial charge is 0.295 e. The van der Waals surface area contributed by atoms with Crippen molar-refractivity contribution in [2.24, 2.45) is 0 Å². The van der Waals surface area contributed by atoms with Crippen molar-refractivity contribution in [3.8, 4) is 11.5 Å². The second kappa shape index (κ2) is 9.08. The third-order valence-electron chi connectivity index (χ3n) is 5.94. The molecule has 32 heavy (non-hydrogen) atoms. The molecular formula is C24H28N2O6. The summed E-state index contributed by atoms with van der Waals surface area (Å²) in [5.41, 5.74) is 0.393. The first-order valence-corrected chi connectivity index (χ1v) is 10.9. The van der Waals surface area contributed by atoms with Crippen LogP contribution in [0.3, 0.4) is 0 Å². The Bertz CT molecular complexity index is 1050. The first-order chi connectivity index (χ1) is 15.4. The second-order valence-corrected chi connectivity index (χ2v) is 7.83. The Morgan fingerprint density at radius 2 is 1.81 bits per heavy atom. The van der Waals surface area contributed by atoms with Gasteiger partial charge in [-0.15, -0.1) is 0 Å². The minimum absolute atomic E-state index is 0.0144. The van der Waals surface area contributed by atoms with Gasteiger partial charge in [0.25, 0.3) is 11.7 Å². The molecule has 8 nitrogen and oxygen atoms in total. The zero-order valence-electron chi connectivity index (χ0n) is 18.6. The number of likely N-dealkylation sites (N-methyl/N-ethyl adjacent to an activating group) is 1. The van der Waals surface area contributed by atoms with E-state index in [9.17, 15) is 14.7 Å². The summed E-state index contributed by atoms with van der Waals surface area (Å²) in [5, 5.41) is 11.2. The van der Waals surface area contributed by atoms with E-state index < -0.39 is 17.7 Å². The number of carbonyl (C=O) groups excluding carboxylic acids is 2. The van der Waals surface area contributed by atoms with Gasteiger partial charge in [-0.05, 0) is 50.3 Å². The molecule has 1 N–H and O–H groups in total. The van der Waals surface area contributed by atoms with Crippen LogP contribution in [0.1, 0.15) is 37.0 Å². The molecule has 1 aromatic heterocycles. The van der Waals surface area contributed by atoms with Crippen molar-refractivity contribution in [3.63, 3.8) is 0 Å². The number of benzene rings is 1. The largest absolute Gasteiger partial charge is 0.507 e. The summed E-state index contributed by atoms with van der Waals surface area (Å²) in [6.07, 6.45) is 0. The maximum Gasteiger partial charge on any atom is 0.295 e. The van der Waals surface area contributed by atoms with Gasteiger partial charge in [-0.1, -0.05) is 13.8 Å². The van der Waals surface area contributed by atoms with E-state index in [-0.39, 0.29) is 11.3 Å². The molecule has 0 saturated carbocycles. The molecule has 1 atom stereocenters. The predicted molar refractivity (Wildman–Crippen MR) is 118 cm³/mol. The van der Waals surface area contributed by atoms with Crippen molar-refractivity contribution >= 4 is 17.4 Å². The SMILES string of the molecule is CCN(CC)CCN1C(=O)C(=O)C(=C(O)c2ccc3c(c2)OCCO3)[C@@H]1c1ccc(C)o1. The third-order valence-corrected chi connectivity index (χ3v) is 5.94. The summed E-state index contributed by atoms with van der Waals surface area (Å²) >= 11 is 0. The summed E-state index contributed by atoms with van der Waals surface area (Å²) in [7, 11) is 0. The zero-order valence-corrected chi connectivity index (χ0v) is 18.6. The van der Waals surface area contributed by atoms with Gasteiger partial charge in [0.05, 0.1) is 5.57 Å². The predicted octanol–water partition coefficient (Wildman–Crippen LogP) is 3.12. The number of ether oxygens (including phenoxy) is 2. The lowest BCUT2D eigenvalue weighted by molar-refractivity contribution is -0.140. The van der Waals surface area contributed by atoms with Gasteiger partial charge in [-0.2, -0.15) is 0 Å². The van der Waals surface area contributed by atoms with Gasteiger partial charge < -0.3 is 28.8 Å². The highest BCUT2D eigenvalue weighted by molar-refractivity contribution is 6.46. The number of likely N-dealkylation sites (tertiary alicyclic amines) is 1. The number of furan rings is 1. The topological polar surface area (TPSA) is 92.5 Å². The number of hydrogen-bond donors (Lipinski definition) is 1. The Hall–Kier alpha value is -3.26. The van der Waals surface area contributed by atoms with E-state index in [1.807, 2.05) is 13.8 Å². The molecule has 0 bridgehead atoms. The van der Waals surface area contributed by atoms with Crippen LogP contribution in [0.4, 0.5) is 0 Å². The first kappa shape index (κ1) is 22.0. The number of ketones is 1. The van der Waals surface area contributed by atoms with Crippen molar-refractivity contribution in [1.82, 2.24) is 9.80 Å². The Balaban J connectivity index is 1.76. The highest BCUT2D eigenvalue weighted by atomic mass is 16.6. The quantitative estimate of drug-likeness (QED) is 0.402. The number of Topliss-reactive ketones (excluding diaryl/α,β-unsaturated/α-hetero) is 1. The van der Waals surface area contributed by atoms with Crippen molar-refractivity contribution in [1.29, 1.82) is 0 Å². The Labute approximate surface area is 187 Å². The van der Waals surface area contributed by atoms with Crippen LogP contribution in [0.5, 0.6) is 11.5 Å². The monoisotopic (exact) mass is 440 g/mol. The molecule has 3 heterocycles. The van der Waals surface area contributed by atoms with Crippen LogP contribution in [0, 0.1) is 6.92 Å². The molecule has 0 spiro atoms. The van der Waals surface area contributed by atoms with E-state index in [4.69, 9.17) is 13.9 Å². The fourth-order valence-corrected chi connectivity index (χ4v) is 4.14. The molecule has 0 aliphatic carbocycles. The zero-order chi connectivity index (χ0) is 22.8. The summed E-state index contributed by atoms with van der Waals surface area (Å²) < 4.78 is 17.0.